The smallest absolute Gasteiger partial charge is 0.255 e. The fourth-order valence-electron chi connectivity index (χ4n) is 3.85. The molecule has 0 saturated carbocycles. The quantitative estimate of drug-likeness (QED) is 0.550. The Kier molecular flexibility index (Phi) is 6.20. The average molecular weight is 393 g/mol. The molecule has 0 aliphatic carbocycles. The number of aromatic nitrogens is 3. The van der Waals surface area contributed by atoms with Gasteiger partial charge in [0.05, 0.1) is 18.5 Å². The highest BCUT2D eigenvalue weighted by molar-refractivity contribution is 5.96. The van der Waals surface area contributed by atoms with Crippen molar-refractivity contribution in [1.29, 1.82) is 0 Å². The highest BCUT2D eigenvalue weighted by Gasteiger charge is 2.27. The van der Waals surface area contributed by atoms with Gasteiger partial charge in [-0.25, -0.2) is 9.97 Å². The predicted molar refractivity (Wildman–Crippen MR) is 113 cm³/mol. The first-order chi connectivity index (χ1) is 14.2. The number of ether oxygens (including phenoxy) is 1. The van der Waals surface area contributed by atoms with Crippen molar-refractivity contribution in [2.45, 2.75) is 32.7 Å². The van der Waals surface area contributed by atoms with Gasteiger partial charge < -0.3 is 14.2 Å². The van der Waals surface area contributed by atoms with Crippen LogP contribution >= 0.6 is 0 Å². The molecule has 152 valence electrons. The van der Waals surface area contributed by atoms with E-state index < -0.39 is 0 Å². The number of imidazole rings is 1. The Labute approximate surface area is 171 Å². The van der Waals surface area contributed by atoms with Crippen LogP contribution in [-0.2, 0) is 17.7 Å². The van der Waals surface area contributed by atoms with E-state index in [1.165, 1.54) is 5.56 Å². The van der Waals surface area contributed by atoms with Crippen molar-refractivity contribution in [3.63, 3.8) is 0 Å². The van der Waals surface area contributed by atoms with Crippen molar-refractivity contribution in [1.82, 2.24) is 19.4 Å². The van der Waals surface area contributed by atoms with Gasteiger partial charge in [0.1, 0.15) is 5.52 Å². The molecule has 29 heavy (non-hydrogen) atoms. The summed E-state index contributed by atoms with van der Waals surface area (Å²) in [6.07, 6.45) is 6.44. The third-order valence-corrected chi connectivity index (χ3v) is 5.46. The van der Waals surface area contributed by atoms with Gasteiger partial charge in [-0.15, -0.1) is 0 Å². The van der Waals surface area contributed by atoms with Gasteiger partial charge in [0.25, 0.3) is 5.91 Å². The Morgan fingerprint density at radius 1 is 1.24 bits per heavy atom. The van der Waals surface area contributed by atoms with E-state index in [1.54, 1.807) is 6.20 Å². The van der Waals surface area contributed by atoms with E-state index in [9.17, 15) is 4.79 Å². The number of likely N-dealkylation sites (tertiary alicyclic amines) is 1. The van der Waals surface area contributed by atoms with Crippen LogP contribution in [0.15, 0.2) is 48.9 Å². The van der Waals surface area contributed by atoms with Crippen LogP contribution in [0, 0.1) is 5.92 Å². The number of carbonyl (C=O) groups is 1. The lowest BCUT2D eigenvalue weighted by atomic mass is 10.1. The Morgan fingerprint density at radius 2 is 2.10 bits per heavy atom. The maximum absolute atomic E-state index is 12.9. The van der Waals surface area contributed by atoms with E-state index in [2.05, 4.69) is 41.2 Å². The zero-order valence-corrected chi connectivity index (χ0v) is 17.0. The Hall–Kier alpha value is -2.73. The highest BCUT2D eigenvalue weighted by Crippen LogP contribution is 2.20. The number of aryl methyl sites for hydroxylation is 2. The SMILES string of the molecule is CCCOCC1CCN(C(=O)c2cnc3c(c2)ncn3CCc2ccccc2)C1. The molecule has 1 unspecified atom stereocenters. The molecule has 1 fully saturated rings. The summed E-state index contributed by atoms with van der Waals surface area (Å²) in [5.74, 6) is 0.468. The largest absolute Gasteiger partial charge is 0.381 e. The molecule has 1 atom stereocenters. The van der Waals surface area contributed by atoms with Gasteiger partial charge in [-0.2, -0.15) is 0 Å². The number of nitrogens with zero attached hydrogens (tertiary/aromatic N) is 4. The number of hydrogen-bond donors (Lipinski definition) is 0. The van der Waals surface area contributed by atoms with Gasteiger partial charge in [0.2, 0.25) is 0 Å². The molecule has 4 rings (SSSR count). The molecule has 3 heterocycles. The number of amides is 1. The van der Waals surface area contributed by atoms with Gasteiger partial charge >= 0.3 is 0 Å². The standard InChI is InChI=1S/C23H28N4O2/c1-2-12-29-16-19-9-10-26(15-19)23(28)20-13-21-22(24-14-20)27(17-25-21)11-8-18-6-4-3-5-7-18/h3-7,13-14,17,19H,2,8-12,15-16H2,1H3. The van der Waals surface area contributed by atoms with Gasteiger partial charge in [-0.05, 0) is 30.9 Å². The lowest BCUT2D eigenvalue weighted by molar-refractivity contribution is 0.0754. The molecular weight excluding hydrogens is 364 g/mol. The third-order valence-electron chi connectivity index (χ3n) is 5.46. The first-order valence-electron chi connectivity index (χ1n) is 10.5. The molecule has 2 aromatic heterocycles. The van der Waals surface area contributed by atoms with Crippen LogP contribution in [0.5, 0.6) is 0 Å². The topological polar surface area (TPSA) is 60.2 Å². The minimum Gasteiger partial charge on any atom is -0.381 e. The molecule has 0 N–H and O–H groups in total. The second kappa shape index (κ2) is 9.18. The molecule has 1 aliphatic rings. The van der Waals surface area contributed by atoms with E-state index in [-0.39, 0.29) is 5.91 Å². The van der Waals surface area contributed by atoms with Crippen molar-refractivity contribution in [2.75, 3.05) is 26.3 Å². The van der Waals surface area contributed by atoms with Crippen LogP contribution < -0.4 is 0 Å². The summed E-state index contributed by atoms with van der Waals surface area (Å²) in [4.78, 5) is 23.8. The minimum atomic E-state index is 0.0382. The summed E-state index contributed by atoms with van der Waals surface area (Å²) in [6, 6.07) is 12.2. The molecular formula is C23H28N4O2. The van der Waals surface area contributed by atoms with Crippen molar-refractivity contribution in [3.05, 3.63) is 60.0 Å². The third kappa shape index (κ3) is 4.65. The first-order valence-corrected chi connectivity index (χ1v) is 10.5. The summed E-state index contributed by atoms with van der Waals surface area (Å²) in [5, 5.41) is 0. The molecule has 6 nitrogen and oxygen atoms in total. The van der Waals surface area contributed by atoms with Crippen LogP contribution in [0.1, 0.15) is 35.7 Å². The number of carbonyl (C=O) groups excluding carboxylic acids is 1. The van der Waals surface area contributed by atoms with Crippen LogP contribution in [0.3, 0.4) is 0 Å². The van der Waals surface area contributed by atoms with Crippen molar-refractivity contribution < 1.29 is 9.53 Å². The zero-order valence-electron chi connectivity index (χ0n) is 17.0. The van der Waals surface area contributed by atoms with E-state index in [1.807, 2.05) is 27.9 Å². The summed E-state index contributed by atoms with van der Waals surface area (Å²) < 4.78 is 7.70. The fourth-order valence-corrected chi connectivity index (χ4v) is 3.85. The number of benzene rings is 1. The number of rotatable bonds is 8. The molecule has 0 radical (unpaired) electrons. The molecule has 1 aromatic carbocycles. The van der Waals surface area contributed by atoms with Crippen LogP contribution in [0.2, 0.25) is 0 Å². The monoisotopic (exact) mass is 392 g/mol. The molecule has 1 saturated heterocycles. The predicted octanol–water partition coefficient (Wildman–Crippen LogP) is 3.56. The van der Waals surface area contributed by atoms with Crippen LogP contribution in [0.4, 0.5) is 0 Å². The van der Waals surface area contributed by atoms with Gasteiger partial charge in [-0.3, -0.25) is 4.79 Å². The summed E-state index contributed by atoms with van der Waals surface area (Å²) in [7, 11) is 0. The van der Waals surface area contributed by atoms with E-state index in [0.717, 1.165) is 63.3 Å². The van der Waals surface area contributed by atoms with E-state index >= 15 is 0 Å². The first kappa shape index (κ1) is 19.6. The molecule has 6 heteroatoms. The van der Waals surface area contributed by atoms with Gasteiger partial charge in [-0.1, -0.05) is 37.3 Å². The Balaban J connectivity index is 1.40. The summed E-state index contributed by atoms with van der Waals surface area (Å²) in [5.41, 5.74) is 3.49. The normalized spacial score (nSPS) is 16.6. The molecule has 3 aromatic rings. The Bertz CT molecular complexity index is 954. The second-order valence-corrected chi connectivity index (χ2v) is 7.72. The maximum Gasteiger partial charge on any atom is 0.255 e. The number of pyridine rings is 1. The minimum absolute atomic E-state index is 0.0382. The Morgan fingerprint density at radius 3 is 2.93 bits per heavy atom. The van der Waals surface area contributed by atoms with E-state index in [4.69, 9.17) is 4.74 Å². The van der Waals surface area contributed by atoms with Crippen LogP contribution in [-0.4, -0.2) is 51.6 Å². The lowest BCUT2D eigenvalue weighted by Crippen LogP contribution is -2.29. The van der Waals surface area contributed by atoms with Crippen LogP contribution in [0.25, 0.3) is 11.2 Å². The maximum atomic E-state index is 12.9. The molecule has 0 bridgehead atoms. The lowest BCUT2D eigenvalue weighted by Gasteiger charge is -2.16. The van der Waals surface area contributed by atoms with Crippen molar-refractivity contribution in [3.8, 4) is 0 Å². The summed E-state index contributed by atoms with van der Waals surface area (Å²) in [6.45, 7) is 5.98. The van der Waals surface area contributed by atoms with Crippen molar-refractivity contribution >= 4 is 17.1 Å². The van der Waals surface area contributed by atoms with Gasteiger partial charge in [0, 0.05) is 38.4 Å². The molecule has 0 spiro atoms. The fraction of sp³-hybridized carbons (Fsp3) is 0.435. The average Bonchev–Trinajstić information content (AvgIpc) is 3.39. The number of fused-ring (bicyclic) bond motifs is 1. The summed E-state index contributed by atoms with van der Waals surface area (Å²) >= 11 is 0. The molecule has 1 amide bonds. The molecule has 1 aliphatic heterocycles. The van der Waals surface area contributed by atoms with Crippen molar-refractivity contribution in [2.24, 2.45) is 5.92 Å². The number of hydrogen-bond acceptors (Lipinski definition) is 4. The van der Waals surface area contributed by atoms with Gasteiger partial charge in [0.15, 0.2) is 5.65 Å². The zero-order chi connectivity index (χ0) is 20.1. The van der Waals surface area contributed by atoms with E-state index in [0.29, 0.717) is 11.5 Å². The second-order valence-electron chi connectivity index (χ2n) is 7.72. The highest BCUT2D eigenvalue weighted by atomic mass is 16.5.